The summed E-state index contributed by atoms with van der Waals surface area (Å²) in [5, 5.41) is 3.25. The van der Waals surface area contributed by atoms with Crippen LogP contribution in [0.5, 0.6) is 5.75 Å². The average molecular weight is 272 g/mol. The van der Waals surface area contributed by atoms with Crippen molar-refractivity contribution in [3.05, 3.63) is 54.4 Å². The van der Waals surface area contributed by atoms with E-state index in [9.17, 15) is 4.79 Å². The van der Waals surface area contributed by atoms with Gasteiger partial charge in [0.2, 0.25) is 0 Å². The molecule has 1 heterocycles. The molecular formula is C15H16N2O3. The number of pyridine rings is 1. The number of hydrogen-bond acceptors (Lipinski definition) is 5. The molecule has 0 saturated heterocycles. The Bertz CT molecular complexity index is 558. The van der Waals surface area contributed by atoms with E-state index in [-0.39, 0.29) is 6.61 Å². The molecule has 0 atom stereocenters. The quantitative estimate of drug-likeness (QED) is 0.817. The number of benzene rings is 1. The highest BCUT2D eigenvalue weighted by Crippen LogP contribution is 2.14. The van der Waals surface area contributed by atoms with Gasteiger partial charge >= 0.3 is 5.97 Å². The molecule has 0 aliphatic rings. The fourth-order valence-corrected chi connectivity index (χ4v) is 1.62. The first-order valence-electron chi connectivity index (χ1n) is 6.20. The standard InChI is InChI=1S/C15H16N2O3/c1-19-15(18)11-20-14-6-2-4-12(8-14)9-17-13-5-3-7-16-10-13/h2-8,10,17H,9,11H2,1H3. The van der Waals surface area contributed by atoms with Gasteiger partial charge in [-0.1, -0.05) is 12.1 Å². The predicted octanol–water partition coefficient (Wildman–Crippen LogP) is 2.25. The number of carbonyl (C=O) groups excluding carboxylic acids is 1. The van der Waals surface area contributed by atoms with Crippen molar-refractivity contribution in [3.8, 4) is 5.75 Å². The summed E-state index contributed by atoms with van der Waals surface area (Å²) in [6.45, 7) is 0.567. The molecule has 20 heavy (non-hydrogen) atoms. The van der Waals surface area contributed by atoms with Gasteiger partial charge in [0, 0.05) is 18.9 Å². The molecule has 0 fully saturated rings. The molecule has 0 unspecified atom stereocenters. The molecule has 5 heteroatoms. The maximum atomic E-state index is 11.0. The van der Waals surface area contributed by atoms with Gasteiger partial charge in [0.25, 0.3) is 0 Å². The van der Waals surface area contributed by atoms with E-state index in [2.05, 4.69) is 15.0 Å². The second-order valence-electron chi connectivity index (χ2n) is 4.11. The summed E-state index contributed by atoms with van der Waals surface area (Å²) in [4.78, 5) is 15.0. The summed E-state index contributed by atoms with van der Waals surface area (Å²) >= 11 is 0. The van der Waals surface area contributed by atoms with Crippen LogP contribution in [0.25, 0.3) is 0 Å². The lowest BCUT2D eigenvalue weighted by Gasteiger charge is -2.08. The van der Waals surface area contributed by atoms with Crippen LogP contribution >= 0.6 is 0 Å². The normalized spacial score (nSPS) is 9.85. The molecule has 0 aliphatic carbocycles. The summed E-state index contributed by atoms with van der Waals surface area (Å²) in [6.07, 6.45) is 3.49. The van der Waals surface area contributed by atoms with Crippen molar-refractivity contribution in [1.29, 1.82) is 0 Å². The lowest BCUT2D eigenvalue weighted by Crippen LogP contribution is -2.12. The number of ether oxygens (including phenoxy) is 2. The van der Waals surface area contributed by atoms with E-state index < -0.39 is 5.97 Å². The highest BCUT2D eigenvalue weighted by atomic mass is 16.6. The summed E-state index contributed by atoms with van der Waals surface area (Å²) < 4.78 is 9.86. The van der Waals surface area contributed by atoms with E-state index in [0.717, 1.165) is 11.3 Å². The summed E-state index contributed by atoms with van der Waals surface area (Å²) in [5.74, 6) is 0.241. The van der Waals surface area contributed by atoms with Crippen LogP contribution in [-0.2, 0) is 16.1 Å². The first-order valence-corrected chi connectivity index (χ1v) is 6.20. The number of anilines is 1. The van der Waals surface area contributed by atoms with E-state index in [1.807, 2.05) is 30.3 Å². The molecule has 1 N–H and O–H groups in total. The molecule has 0 radical (unpaired) electrons. The average Bonchev–Trinajstić information content (AvgIpc) is 2.52. The highest BCUT2D eigenvalue weighted by molar-refractivity contribution is 5.70. The van der Waals surface area contributed by atoms with Crippen LogP contribution < -0.4 is 10.1 Å². The number of nitrogens with zero attached hydrogens (tertiary/aromatic N) is 1. The Morgan fingerprint density at radius 1 is 1.30 bits per heavy atom. The van der Waals surface area contributed by atoms with E-state index in [1.54, 1.807) is 18.5 Å². The third-order valence-electron chi connectivity index (χ3n) is 2.64. The van der Waals surface area contributed by atoms with Crippen molar-refractivity contribution in [2.24, 2.45) is 0 Å². The SMILES string of the molecule is COC(=O)COc1cccc(CNc2cccnc2)c1. The molecule has 104 valence electrons. The monoisotopic (exact) mass is 272 g/mol. The molecule has 2 rings (SSSR count). The Labute approximate surface area is 117 Å². The number of hydrogen-bond donors (Lipinski definition) is 1. The molecule has 0 saturated carbocycles. The number of methoxy groups -OCH3 is 1. The van der Waals surface area contributed by atoms with Gasteiger partial charge in [0.15, 0.2) is 6.61 Å². The Kier molecular flexibility index (Phi) is 4.94. The van der Waals surface area contributed by atoms with Crippen molar-refractivity contribution in [3.63, 3.8) is 0 Å². The minimum absolute atomic E-state index is 0.0873. The predicted molar refractivity (Wildman–Crippen MR) is 75.5 cm³/mol. The van der Waals surface area contributed by atoms with Gasteiger partial charge in [-0.15, -0.1) is 0 Å². The molecule has 1 aromatic heterocycles. The van der Waals surface area contributed by atoms with Crippen molar-refractivity contribution in [1.82, 2.24) is 4.98 Å². The van der Waals surface area contributed by atoms with Crippen molar-refractivity contribution >= 4 is 11.7 Å². The Morgan fingerprint density at radius 2 is 2.20 bits per heavy atom. The smallest absolute Gasteiger partial charge is 0.343 e. The second-order valence-corrected chi connectivity index (χ2v) is 4.11. The van der Waals surface area contributed by atoms with Gasteiger partial charge in [-0.25, -0.2) is 4.79 Å². The van der Waals surface area contributed by atoms with E-state index >= 15 is 0 Å². The largest absolute Gasteiger partial charge is 0.482 e. The summed E-state index contributed by atoms with van der Waals surface area (Å²) in [5.41, 5.74) is 2.00. The Hall–Kier alpha value is -2.56. The topological polar surface area (TPSA) is 60.5 Å². The molecule has 0 spiro atoms. The molecule has 5 nitrogen and oxygen atoms in total. The van der Waals surface area contributed by atoms with Crippen LogP contribution in [0.1, 0.15) is 5.56 Å². The first-order chi connectivity index (χ1) is 9.78. The second kappa shape index (κ2) is 7.13. The zero-order valence-electron chi connectivity index (χ0n) is 11.2. The van der Waals surface area contributed by atoms with Gasteiger partial charge < -0.3 is 14.8 Å². The first kappa shape index (κ1) is 13.9. The van der Waals surface area contributed by atoms with Gasteiger partial charge in [-0.2, -0.15) is 0 Å². The van der Waals surface area contributed by atoms with Crippen LogP contribution in [0.2, 0.25) is 0 Å². The van der Waals surface area contributed by atoms with Crippen LogP contribution in [0.15, 0.2) is 48.8 Å². The molecular weight excluding hydrogens is 256 g/mol. The number of rotatable bonds is 6. The third kappa shape index (κ3) is 4.28. The zero-order chi connectivity index (χ0) is 14.2. The van der Waals surface area contributed by atoms with Gasteiger partial charge in [0.1, 0.15) is 5.75 Å². The van der Waals surface area contributed by atoms with Crippen LogP contribution in [-0.4, -0.2) is 24.7 Å². The lowest BCUT2D eigenvalue weighted by molar-refractivity contribution is -0.142. The lowest BCUT2D eigenvalue weighted by atomic mass is 10.2. The fourth-order valence-electron chi connectivity index (χ4n) is 1.62. The molecule has 2 aromatic rings. The maximum absolute atomic E-state index is 11.0. The molecule has 0 amide bonds. The summed E-state index contributed by atoms with van der Waals surface area (Å²) in [6, 6.07) is 11.4. The van der Waals surface area contributed by atoms with Crippen LogP contribution in [0.3, 0.4) is 0 Å². The maximum Gasteiger partial charge on any atom is 0.343 e. The minimum atomic E-state index is -0.399. The Balaban J connectivity index is 1.90. The third-order valence-corrected chi connectivity index (χ3v) is 2.64. The van der Waals surface area contributed by atoms with Gasteiger partial charge in [-0.05, 0) is 29.8 Å². The Morgan fingerprint density at radius 3 is 2.95 bits per heavy atom. The number of esters is 1. The van der Waals surface area contributed by atoms with E-state index in [0.29, 0.717) is 12.3 Å². The number of aromatic nitrogens is 1. The van der Waals surface area contributed by atoms with Crippen molar-refractivity contribution < 1.29 is 14.3 Å². The zero-order valence-corrected chi connectivity index (χ0v) is 11.2. The van der Waals surface area contributed by atoms with Crippen LogP contribution in [0.4, 0.5) is 5.69 Å². The molecule has 0 aliphatic heterocycles. The van der Waals surface area contributed by atoms with Crippen molar-refractivity contribution in [2.75, 3.05) is 19.0 Å². The minimum Gasteiger partial charge on any atom is -0.482 e. The fraction of sp³-hybridized carbons (Fsp3) is 0.200. The summed E-state index contributed by atoms with van der Waals surface area (Å²) in [7, 11) is 1.33. The van der Waals surface area contributed by atoms with Crippen molar-refractivity contribution in [2.45, 2.75) is 6.54 Å². The van der Waals surface area contributed by atoms with Gasteiger partial charge in [-0.3, -0.25) is 4.98 Å². The highest BCUT2D eigenvalue weighted by Gasteiger charge is 2.02. The van der Waals surface area contributed by atoms with Gasteiger partial charge in [0.05, 0.1) is 12.8 Å². The van der Waals surface area contributed by atoms with E-state index in [4.69, 9.17) is 4.74 Å². The molecule has 1 aromatic carbocycles. The van der Waals surface area contributed by atoms with Crippen LogP contribution in [0, 0.1) is 0 Å². The number of carbonyl (C=O) groups is 1. The number of nitrogens with one attached hydrogen (secondary N) is 1. The molecule has 0 bridgehead atoms. The van der Waals surface area contributed by atoms with E-state index in [1.165, 1.54) is 7.11 Å².